The van der Waals surface area contributed by atoms with Gasteiger partial charge in [-0.3, -0.25) is 11.3 Å². The number of nitrogens with one attached hydrogen (secondary N) is 1. The minimum atomic E-state index is 0.529. The lowest BCUT2D eigenvalue weighted by Crippen LogP contribution is -2.40. The summed E-state index contributed by atoms with van der Waals surface area (Å²) < 4.78 is 0. The van der Waals surface area contributed by atoms with Crippen LogP contribution in [0, 0.1) is 11.8 Å². The Morgan fingerprint density at radius 2 is 2.33 bits per heavy atom. The van der Waals surface area contributed by atoms with Crippen LogP contribution in [0.5, 0.6) is 0 Å². The average molecular weight is 210 g/mol. The van der Waals surface area contributed by atoms with Crippen molar-refractivity contribution in [1.82, 2.24) is 5.43 Å². The van der Waals surface area contributed by atoms with Crippen molar-refractivity contribution in [3.05, 3.63) is 12.7 Å². The molecule has 88 valence electrons. The Balaban J connectivity index is 2.28. The second kappa shape index (κ2) is 7.02. The zero-order valence-electron chi connectivity index (χ0n) is 10.0. The number of allylic oxidation sites excluding steroid dienone is 1. The van der Waals surface area contributed by atoms with Crippen LogP contribution in [0.4, 0.5) is 0 Å². The Kier molecular flexibility index (Phi) is 5.96. The Bertz CT molecular complexity index is 179. The lowest BCUT2D eigenvalue weighted by molar-refractivity contribution is 0.328. The van der Waals surface area contributed by atoms with Gasteiger partial charge in [-0.25, -0.2) is 0 Å². The van der Waals surface area contributed by atoms with Gasteiger partial charge in [-0.15, -0.1) is 6.58 Å². The third kappa shape index (κ3) is 3.96. The van der Waals surface area contributed by atoms with Gasteiger partial charge in [0.05, 0.1) is 0 Å². The van der Waals surface area contributed by atoms with Gasteiger partial charge in [0.15, 0.2) is 0 Å². The van der Waals surface area contributed by atoms with Crippen molar-refractivity contribution in [3.63, 3.8) is 0 Å². The first-order valence-electron chi connectivity index (χ1n) is 6.38. The molecule has 3 atom stereocenters. The molecule has 1 rings (SSSR count). The van der Waals surface area contributed by atoms with E-state index in [0.29, 0.717) is 6.04 Å². The van der Waals surface area contributed by atoms with Gasteiger partial charge in [0, 0.05) is 6.04 Å². The van der Waals surface area contributed by atoms with E-state index in [1.54, 1.807) is 0 Å². The fraction of sp³-hybridized carbons (Fsp3) is 0.846. The monoisotopic (exact) mass is 210 g/mol. The average Bonchev–Trinajstić information content (AvgIpc) is 2.73. The SMILES string of the molecule is C=CCCCC(NN)C1CCC(CC)C1. The smallest absolute Gasteiger partial charge is 0.0239 e. The number of hydrazine groups is 1. The fourth-order valence-corrected chi connectivity index (χ4v) is 2.79. The van der Waals surface area contributed by atoms with E-state index >= 15 is 0 Å². The van der Waals surface area contributed by atoms with E-state index in [9.17, 15) is 0 Å². The van der Waals surface area contributed by atoms with Crippen molar-refractivity contribution < 1.29 is 0 Å². The Hall–Kier alpha value is -0.340. The molecule has 1 aliphatic carbocycles. The van der Waals surface area contributed by atoms with Crippen molar-refractivity contribution in [2.75, 3.05) is 0 Å². The molecule has 0 saturated heterocycles. The minimum absolute atomic E-state index is 0.529. The molecule has 2 heteroatoms. The zero-order valence-corrected chi connectivity index (χ0v) is 10.0. The summed E-state index contributed by atoms with van der Waals surface area (Å²) in [4.78, 5) is 0. The molecule has 0 bridgehead atoms. The number of hydrogen-bond donors (Lipinski definition) is 2. The lowest BCUT2D eigenvalue weighted by atomic mass is 9.92. The van der Waals surface area contributed by atoms with E-state index in [-0.39, 0.29) is 0 Å². The maximum atomic E-state index is 5.65. The highest BCUT2D eigenvalue weighted by atomic mass is 15.2. The van der Waals surface area contributed by atoms with E-state index in [2.05, 4.69) is 18.9 Å². The lowest BCUT2D eigenvalue weighted by Gasteiger charge is -2.22. The highest BCUT2D eigenvalue weighted by Gasteiger charge is 2.28. The number of rotatable bonds is 7. The highest BCUT2D eigenvalue weighted by molar-refractivity contribution is 4.83. The predicted octanol–water partition coefficient (Wildman–Crippen LogP) is 3.00. The molecule has 15 heavy (non-hydrogen) atoms. The van der Waals surface area contributed by atoms with Crippen LogP contribution in [0.3, 0.4) is 0 Å². The van der Waals surface area contributed by atoms with Crippen molar-refractivity contribution in [2.45, 2.75) is 57.9 Å². The molecule has 0 spiro atoms. The summed E-state index contributed by atoms with van der Waals surface area (Å²) in [6, 6.07) is 0.529. The number of unbranched alkanes of at least 4 members (excludes halogenated alkanes) is 1. The second-order valence-electron chi connectivity index (χ2n) is 4.84. The van der Waals surface area contributed by atoms with E-state index in [1.165, 1.54) is 38.5 Å². The third-order valence-corrected chi connectivity index (χ3v) is 3.87. The van der Waals surface area contributed by atoms with Gasteiger partial charge >= 0.3 is 0 Å². The summed E-state index contributed by atoms with van der Waals surface area (Å²) in [5.41, 5.74) is 3.01. The summed E-state index contributed by atoms with van der Waals surface area (Å²) in [6.07, 6.45) is 11.0. The van der Waals surface area contributed by atoms with Gasteiger partial charge in [-0.2, -0.15) is 0 Å². The second-order valence-corrected chi connectivity index (χ2v) is 4.84. The van der Waals surface area contributed by atoms with Crippen molar-refractivity contribution >= 4 is 0 Å². The van der Waals surface area contributed by atoms with E-state index in [4.69, 9.17) is 5.84 Å². The fourth-order valence-electron chi connectivity index (χ4n) is 2.79. The standard InChI is InChI=1S/C13H26N2/c1-3-5-6-7-13(15-14)12-9-8-11(4-2)10-12/h3,11-13,15H,1,4-10,14H2,2H3. The van der Waals surface area contributed by atoms with Gasteiger partial charge < -0.3 is 0 Å². The molecule has 3 unspecified atom stereocenters. The van der Waals surface area contributed by atoms with Crippen LogP contribution in [0.2, 0.25) is 0 Å². The summed E-state index contributed by atoms with van der Waals surface area (Å²) in [5.74, 6) is 7.41. The summed E-state index contributed by atoms with van der Waals surface area (Å²) in [6.45, 7) is 6.06. The van der Waals surface area contributed by atoms with E-state index in [0.717, 1.165) is 18.3 Å². The van der Waals surface area contributed by atoms with Crippen LogP contribution in [0.15, 0.2) is 12.7 Å². The maximum Gasteiger partial charge on any atom is 0.0239 e. The molecule has 0 aromatic heterocycles. The number of hydrogen-bond acceptors (Lipinski definition) is 2. The minimum Gasteiger partial charge on any atom is -0.271 e. The van der Waals surface area contributed by atoms with Crippen LogP contribution in [0.1, 0.15) is 51.9 Å². The van der Waals surface area contributed by atoms with Gasteiger partial charge in [-0.1, -0.05) is 25.8 Å². The van der Waals surface area contributed by atoms with Crippen molar-refractivity contribution in [3.8, 4) is 0 Å². The molecule has 1 fully saturated rings. The molecule has 0 aromatic rings. The zero-order chi connectivity index (χ0) is 11.1. The largest absolute Gasteiger partial charge is 0.271 e. The molecular weight excluding hydrogens is 184 g/mol. The molecule has 0 aromatic carbocycles. The van der Waals surface area contributed by atoms with Crippen LogP contribution >= 0.6 is 0 Å². The molecule has 0 amide bonds. The van der Waals surface area contributed by atoms with Gasteiger partial charge in [0.2, 0.25) is 0 Å². The van der Waals surface area contributed by atoms with Gasteiger partial charge in [0.25, 0.3) is 0 Å². The first kappa shape index (κ1) is 12.7. The summed E-state index contributed by atoms with van der Waals surface area (Å²) in [7, 11) is 0. The molecule has 2 nitrogen and oxygen atoms in total. The van der Waals surface area contributed by atoms with Crippen molar-refractivity contribution in [1.29, 1.82) is 0 Å². The number of nitrogens with two attached hydrogens (primary N) is 1. The van der Waals surface area contributed by atoms with Gasteiger partial charge in [0.1, 0.15) is 0 Å². The molecule has 0 heterocycles. The quantitative estimate of drug-likeness (QED) is 0.293. The first-order valence-corrected chi connectivity index (χ1v) is 6.38. The predicted molar refractivity (Wildman–Crippen MR) is 66.3 cm³/mol. The van der Waals surface area contributed by atoms with Crippen LogP contribution < -0.4 is 11.3 Å². The van der Waals surface area contributed by atoms with Crippen LogP contribution in [0.25, 0.3) is 0 Å². The van der Waals surface area contributed by atoms with E-state index < -0.39 is 0 Å². The first-order chi connectivity index (χ1) is 7.31. The van der Waals surface area contributed by atoms with Crippen molar-refractivity contribution in [2.24, 2.45) is 17.7 Å². The normalized spacial score (nSPS) is 27.9. The Morgan fingerprint density at radius 3 is 2.87 bits per heavy atom. The van der Waals surface area contributed by atoms with Crippen LogP contribution in [-0.4, -0.2) is 6.04 Å². The molecule has 0 radical (unpaired) electrons. The summed E-state index contributed by atoms with van der Waals surface area (Å²) in [5, 5.41) is 0. The maximum absolute atomic E-state index is 5.65. The molecule has 0 aliphatic heterocycles. The molecule has 1 saturated carbocycles. The summed E-state index contributed by atoms with van der Waals surface area (Å²) >= 11 is 0. The third-order valence-electron chi connectivity index (χ3n) is 3.87. The molecule has 1 aliphatic rings. The highest BCUT2D eigenvalue weighted by Crippen LogP contribution is 2.35. The Morgan fingerprint density at radius 1 is 1.53 bits per heavy atom. The van der Waals surface area contributed by atoms with Gasteiger partial charge in [-0.05, 0) is 43.9 Å². The van der Waals surface area contributed by atoms with Crippen LogP contribution in [-0.2, 0) is 0 Å². The molecular formula is C13H26N2. The van der Waals surface area contributed by atoms with E-state index in [1.807, 2.05) is 6.08 Å². The Labute approximate surface area is 94.3 Å². The topological polar surface area (TPSA) is 38.0 Å². The molecule has 3 N–H and O–H groups in total.